The highest BCUT2D eigenvalue weighted by atomic mass is 32.2. The van der Waals surface area contributed by atoms with Crippen molar-refractivity contribution in [3.05, 3.63) is 54.1 Å². The average molecular weight is 302 g/mol. The topological polar surface area (TPSA) is 72.2 Å². The van der Waals surface area contributed by atoms with E-state index in [0.29, 0.717) is 16.3 Å². The van der Waals surface area contributed by atoms with Gasteiger partial charge in [0.25, 0.3) is 0 Å². The van der Waals surface area contributed by atoms with Crippen molar-refractivity contribution in [2.45, 2.75) is 24.0 Å². The van der Waals surface area contributed by atoms with E-state index in [4.69, 9.17) is 5.73 Å². The zero-order valence-electron chi connectivity index (χ0n) is 12.0. The van der Waals surface area contributed by atoms with Gasteiger partial charge in [0, 0.05) is 16.3 Å². The maximum absolute atomic E-state index is 12.4. The van der Waals surface area contributed by atoms with Gasteiger partial charge in [0.1, 0.15) is 5.25 Å². The zero-order valence-corrected chi connectivity index (χ0v) is 12.8. The Morgan fingerprint density at radius 1 is 1.19 bits per heavy atom. The minimum atomic E-state index is -1.42. The summed E-state index contributed by atoms with van der Waals surface area (Å²) >= 11 is 0. The molecule has 21 heavy (non-hydrogen) atoms. The largest absolute Gasteiger partial charge is 0.399 e. The van der Waals surface area contributed by atoms with E-state index in [0.717, 1.165) is 5.56 Å². The van der Waals surface area contributed by atoms with Gasteiger partial charge < -0.3 is 11.1 Å². The molecule has 0 saturated carbocycles. The van der Waals surface area contributed by atoms with E-state index in [9.17, 15) is 9.00 Å². The maximum atomic E-state index is 12.4. The number of para-hydroxylation sites is 1. The summed E-state index contributed by atoms with van der Waals surface area (Å²) in [6.45, 7) is 3.50. The molecular formula is C16H18N2O2S. The monoisotopic (exact) mass is 302 g/mol. The number of carbonyl (C=O) groups is 1. The molecule has 110 valence electrons. The van der Waals surface area contributed by atoms with Crippen molar-refractivity contribution < 1.29 is 9.00 Å². The number of rotatable bonds is 4. The lowest BCUT2D eigenvalue weighted by molar-refractivity contribution is -0.115. The van der Waals surface area contributed by atoms with Crippen LogP contribution in [-0.4, -0.2) is 15.4 Å². The van der Waals surface area contributed by atoms with E-state index in [1.165, 1.54) is 0 Å². The fourth-order valence-electron chi connectivity index (χ4n) is 1.84. The Bertz CT molecular complexity index is 671. The number of aryl methyl sites for hydroxylation is 1. The van der Waals surface area contributed by atoms with Crippen LogP contribution in [0.4, 0.5) is 11.4 Å². The van der Waals surface area contributed by atoms with Crippen molar-refractivity contribution in [3.8, 4) is 0 Å². The Morgan fingerprint density at radius 3 is 2.48 bits per heavy atom. The number of carbonyl (C=O) groups excluding carboxylic acids is 1. The minimum Gasteiger partial charge on any atom is -0.399 e. The highest BCUT2D eigenvalue weighted by molar-refractivity contribution is 7.86. The number of benzene rings is 2. The van der Waals surface area contributed by atoms with E-state index in [1.54, 1.807) is 37.3 Å². The lowest BCUT2D eigenvalue weighted by atomic mass is 10.2. The summed E-state index contributed by atoms with van der Waals surface area (Å²) in [7, 11) is -1.42. The van der Waals surface area contributed by atoms with E-state index in [2.05, 4.69) is 5.32 Å². The SMILES string of the molecule is Cc1cc(S(=O)C(C)C(=O)Nc2ccccc2)ccc1N. The van der Waals surface area contributed by atoms with Gasteiger partial charge in [-0.3, -0.25) is 9.00 Å². The van der Waals surface area contributed by atoms with Crippen LogP contribution in [0.15, 0.2) is 53.4 Å². The molecule has 0 fully saturated rings. The molecule has 2 rings (SSSR count). The molecule has 2 unspecified atom stereocenters. The molecule has 5 heteroatoms. The summed E-state index contributed by atoms with van der Waals surface area (Å²) in [6.07, 6.45) is 0. The molecule has 1 amide bonds. The van der Waals surface area contributed by atoms with Gasteiger partial charge in [0.15, 0.2) is 0 Å². The molecule has 2 atom stereocenters. The predicted molar refractivity (Wildman–Crippen MR) is 86.5 cm³/mol. The number of nitrogens with two attached hydrogens (primary N) is 1. The van der Waals surface area contributed by atoms with Crippen LogP contribution in [0.1, 0.15) is 12.5 Å². The van der Waals surface area contributed by atoms with Crippen molar-refractivity contribution >= 4 is 28.1 Å². The van der Waals surface area contributed by atoms with Gasteiger partial charge in [-0.15, -0.1) is 0 Å². The van der Waals surface area contributed by atoms with Crippen molar-refractivity contribution in [1.29, 1.82) is 0 Å². The molecule has 3 N–H and O–H groups in total. The molecule has 0 heterocycles. The van der Waals surface area contributed by atoms with Crippen LogP contribution >= 0.6 is 0 Å². The first-order valence-electron chi connectivity index (χ1n) is 6.61. The quantitative estimate of drug-likeness (QED) is 0.853. The van der Waals surface area contributed by atoms with Crippen molar-refractivity contribution in [1.82, 2.24) is 0 Å². The number of nitrogens with one attached hydrogen (secondary N) is 1. The van der Waals surface area contributed by atoms with Gasteiger partial charge in [-0.05, 0) is 49.7 Å². The van der Waals surface area contributed by atoms with Crippen LogP contribution in [0.3, 0.4) is 0 Å². The Labute approximate surface area is 126 Å². The number of amides is 1. The van der Waals surface area contributed by atoms with E-state index in [1.807, 2.05) is 25.1 Å². The smallest absolute Gasteiger partial charge is 0.240 e. The lowest BCUT2D eigenvalue weighted by Gasteiger charge is -2.13. The summed E-state index contributed by atoms with van der Waals surface area (Å²) in [5.74, 6) is -0.269. The van der Waals surface area contributed by atoms with Crippen LogP contribution in [0.2, 0.25) is 0 Å². The Balaban J connectivity index is 2.11. The Hall–Kier alpha value is -2.14. The second kappa shape index (κ2) is 6.54. The van der Waals surface area contributed by atoms with Gasteiger partial charge in [-0.25, -0.2) is 0 Å². The second-order valence-corrected chi connectivity index (χ2v) is 6.59. The zero-order chi connectivity index (χ0) is 15.4. The van der Waals surface area contributed by atoms with Crippen LogP contribution in [0.25, 0.3) is 0 Å². The normalized spacial score (nSPS) is 13.4. The van der Waals surface area contributed by atoms with Gasteiger partial charge in [0.2, 0.25) is 5.91 Å². The van der Waals surface area contributed by atoms with Crippen molar-refractivity contribution in [2.75, 3.05) is 11.1 Å². The third-order valence-electron chi connectivity index (χ3n) is 3.21. The number of hydrogen-bond acceptors (Lipinski definition) is 3. The van der Waals surface area contributed by atoms with Crippen molar-refractivity contribution in [2.24, 2.45) is 0 Å². The molecule has 4 nitrogen and oxygen atoms in total. The first kappa shape index (κ1) is 15.3. The lowest BCUT2D eigenvalue weighted by Crippen LogP contribution is -2.29. The van der Waals surface area contributed by atoms with Crippen LogP contribution in [0, 0.1) is 6.92 Å². The average Bonchev–Trinajstić information content (AvgIpc) is 2.49. The van der Waals surface area contributed by atoms with Gasteiger partial charge in [-0.1, -0.05) is 18.2 Å². The third kappa shape index (κ3) is 3.70. The first-order chi connectivity index (χ1) is 9.99. The summed E-state index contributed by atoms with van der Waals surface area (Å²) in [5, 5.41) is 2.12. The Kier molecular flexibility index (Phi) is 4.75. The predicted octanol–water partition coefficient (Wildman–Crippen LogP) is 2.71. The molecule has 0 aromatic heterocycles. The molecule has 2 aromatic rings. The molecule has 0 aliphatic carbocycles. The Morgan fingerprint density at radius 2 is 1.86 bits per heavy atom. The van der Waals surface area contributed by atoms with E-state index < -0.39 is 16.0 Å². The molecule has 0 bridgehead atoms. The fourth-order valence-corrected chi connectivity index (χ4v) is 3.00. The van der Waals surface area contributed by atoms with E-state index >= 15 is 0 Å². The van der Waals surface area contributed by atoms with Gasteiger partial charge in [-0.2, -0.15) is 0 Å². The number of nitrogen functional groups attached to an aromatic ring is 1. The van der Waals surface area contributed by atoms with Gasteiger partial charge in [0.05, 0.1) is 10.8 Å². The fraction of sp³-hybridized carbons (Fsp3) is 0.188. The molecular weight excluding hydrogens is 284 g/mol. The first-order valence-corrected chi connectivity index (χ1v) is 7.83. The molecule has 0 aliphatic rings. The summed E-state index contributed by atoms with van der Waals surface area (Å²) < 4.78 is 12.4. The molecule has 0 aliphatic heterocycles. The van der Waals surface area contributed by atoms with Gasteiger partial charge >= 0.3 is 0 Å². The standard InChI is InChI=1S/C16H18N2O2S/c1-11-10-14(8-9-15(11)17)21(20)12(2)16(19)18-13-6-4-3-5-7-13/h3-10,12H,17H2,1-2H3,(H,18,19). The molecule has 2 aromatic carbocycles. The molecule has 0 radical (unpaired) electrons. The summed E-state index contributed by atoms with van der Waals surface area (Å²) in [4.78, 5) is 12.8. The van der Waals surface area contributed by atoms with Crippen LogP contribution in [0.5, 0.6) is 0 Å². The number of hydrogen-bond donors (Lipinski definition) is 2. The number of anilines is 2. The maximum Gasteiger partial charge on any atom is 0.240 e. The highest BCUT2D eigenvalue weighted by Crippen LogP contribution is 2.18. The highest BCUT2D eigenvalue weighted by Gasteiger charge is 2.21. The summed E-state index contributed by atoms with van der Waals surface area (Å²) in [5.41, 5.74) is 7.95. The van der Waals surface area contributed by atoms with Crippen LogP contribution < -0.4 is 11.1 Å². The van der Waals surface area contributed by atoms with Crippen molar-refractivity contribution in [3.63, 3.8) is 0 Å². The third-order valence-corrected chi connectivity index (χ3v) is 4.78. The van der Waals surface area contributed by atoms with E-state index in [-0.39, 0.29) is 5.91 Å². The minimum absolute atomic E-state index is 0.269. The second-order valence-electron chi connectivity index (χ2n) is 4.81. The van der Waals surface area contributed by atoms with Crippen LogP contribution in [-0.2, 0) is 15.6 Å². The molecule has 0 saturated heterocycles. The molecule has 0 spiro atoms. The summed E-state index contributed by atoms with van der Waals surface area (Å²) in [6, 6.07) is 14.3.